The smallest absolute Gasteiger partial charge is 0.397 e. The fourth-order valence-corrected chi connectivity index (χ4v) is 3.69. The minimum atomic E-state index is -4.46. The van der Waals surface area contributed by atoms with Gasteiger partial charge in [-0.15, -0.1) is 0 Å². The van der Waals surface area contributed by atoms with Crippen molar-refractivity contribution in [2.45, 2.75) is 45.6 Å². The summed E-state index contributed by atoms with van der Waals surface area (Å²) in [5.74, 6) is -0.528. The zero-order valence-electron chi connectivity index (χ0n) is 20.6. The number of likely N-dealkylation sites (N-methyl/N-ethyl adjacent to an activating group) is 1. The Balaban J connectivity index is 4.71. The molecule has 14 heteroatoms. The maximum absolute atomic E-state index is 12.2. The van der Waals surface area contributed by atoms with Crippen molar-refractivity contribution in [2.24, 2.45) is 5.92 Å². The van der Waals surface area contributed by atoms with Crippen molar-refractivity contribution < 1.29 is 52.8 Å². The van der Waals surface area contributed by atoms with Crippen LogP contribution < -0.4 is 0 Å². The first-order valence-corrected chi connectivity index (χ1v) is 13.6. The number of ether oxygens (including phenoxy) is 1. The molecule has 1 unspecified atom stereocenters. The summed E-state index contributed by atoms with van der Waals surface area (Å²) < 4.78 is 75.4. The molecule has 0 spiro atoms. The van der Waals surface area contributed by atoms with Crippen LogP contribution in [-0.2, 0) is 38.7 Å². The Labute approximate surface area is 198 Å². The Morgan fingerprint density at radius 2 is 1.24 bits per heavy atom. The van der Waals surface area contributed by atoms with Crippen LogP contribution in [0.1, 0.15) is 39.5 Å². The molecule has 12 nitrogen and oxygen atoms in total. The van der Waals surface area contributed by atoms with E-state index >= 15 is 0 Å². The van der Waals surface area contributed by atoms with Crippen LogP contribution in [0.3, 0.4) is 0 Å². The van der Waals surface area contributed by atoms with Gasteiger partial charge in [-0.05, 0) is 6.42 Å². The lowest BCUT2D eigenvalue weighted by Crippen LogP contribution is -2.44. The average molecular weight is 523 g/mol. The first-order chi connectivity index (χ1) is 14.8. The summed E-state index contributed by atoms with van der Waals surface area (Å²) in [6.45, 7) is 5.65. The van der Waals surface area contributed by atoms with Crippen molar-refractivity contribution >= 4 is 26.8 Å². The van der Waals surface area contributed by atoms with E-state index in [4.69, 9.17) is 13.8 Å². The highest BCUT2D eigenvalue weighted by Gasteiger charge is 2.24. The largest absolute Gasteiger partial charge is 0.462 e. The van der Waals surface area contributed by atoms with E-state index in [0.29, 0.717) is 54.4 Å². The number of rotatable bonds is 18. The van der Waals surface area contributed by atoms with Crippen molar-refractivity contribution in [3.8, 4) is 0 Å². The van der Waals surface area contributed by atoms with Crippen molar-refractivity contribution in [3.05, 3.63) is 0 Å². The first kappa shape index (κ1) is 32.1. The van der Waals surface area contributed by atoms with Gasteiger partial charge in [0.25, 0.3) is 0 Å². The Morgan fingerprint density at radius 3 is 1.76 bits per heavy atom. The zero-order chi connectivity index (χ0) is 25.9. The molecule has 0 rings (SSSR count). The molecule has 0 aromatic carbocycles. The second kappa shape index (κ2) is 13.9. The summed E-state index contributed by atoms with van der Waals surface area (Å²) >= 11 is 0. The molecule has 0 radical (unpaired) electrons. The summed E-state index contributed by atoms with van der Waals surface area (Å²) in [6, 6.07) is 0. The molecule has 0 aromatic rings. The maximum Gasteiger partial charge on any atom is 0.397 e. The maximum atomic E-state index is 12.2. The van der Waals surface area contributed by atoms with Crippen molar-refractivity contribution in [1.29, 1.82) is 0 Å². The molecular formula is C19H42N2O10S2+2. The highest BCUT2D eigenvalue weighted by Crippen LogP contribution is 2.15. The van der Waals surface area contributed by atoms with Gasteiger partial charge in [0.1, 0.15) is 19.3 Å². The highest BCUT2D eigenvalue weighted by atomic mass is 32.3. The molecule has 0 aliphatic rings. The number of esters is 1. The monoisotopic (exact) mass is 522 g/mol. The van der Waals surface area contributed by atoms with Gasteiger partial charge in [-0.3, -0.25) is 13.9 Å². The van der Waals surface area contributed by atoms with Gasteiger partial charge < -0.3 is 13.7 Å². The molecule has 33 heavy (non-hydrogen) atoms. The predicted molar refractivity (Wildman–Crippen MR) is 122 cm³/mol. The summed E-state index contributed by atoms with van der Waals surface area (Å²) in [7, 11) is -1.12. The molecule has 198 valence electrons. The van der Waals surface area contributed by atoms with E-state index in [1.165, 1.54) is 0 Å². The molecule has 0 heterocycles. The quantitative estimate of drug-likeness (QED) is 0.115. The Morgan fingerprint density at radius 1 is 0.758 bits per heavy atom. The van der Waals surface area contributed by atoms with Gasteiger partial charge >= 0.3 is 26.8 Å². The number of hydrogen-bond acceptors (Lipinski definition) is 8. The number of carbonyl (C=O) groups excluding carboxylic acids is 1. The molecule has 0 fully saturated rings. The topological polar surface area (TPSA) is 154 Å². The van der Waals surface area contributed by atoms with Crippen LogP contribution in [-0.4, -0.2) is 115 Å². The van der Waals surface area contributed by atoms with Gasteiger partial charge in [-0.1, -0.05) is 13.8 Å². The summed E-state index contributed by atoms with van der Waals surface area (Å²) in [6.07, 6.45) is 2.11. The normalized spacial score (nSPS) is 14.5. The van der Waals surface area contributed by atoms with Crippen LogP contribution in [0.5, 0.6) is 0 Å². The molecule has 0 saturated carbocycles. The highest BCUT2D eigenvalue weighted by molar-refractivity contribution is 7.81. The van der Waals surface area contributed by atoms with Gasteiger partial charge in [0.15, 0.2) is 0 Å². The molecule has 1 atom stereocenters. The second-order valence-electron chi connectivity index (χ2n) is 9.76. The van der Waals surface area contributed by atoms with E-state index < -0.39 is 20.8 Å². The molecular weight excluding hydrogens is 480 g/mol. The van der Waals surface area contributed by atoms with E-state index in [1.807, 2.05) is 28.2 Å². The first-order valence-electron chi connectivity index (χ1n) is 10.9. The summed E-state index contributed by atoms with van der Waals surface area (Å²) in [5.41, 5.74) is 0. The van der Waals surface area contributed by atoms with Crippen molar-refractivity contribution in [3.63, 3.8) is 0 Å². The number of hydrogen-bond donors (Lipinski definition) is 2. The molecule has 0 aliphatic carbocycles. The minimum Gasteiger partial charge on any atom is -0.462 e. The van der Waals surface area contributed by atoms with Crippen LogP contribution >= 0.6 is 0 Å². The molecule has 0 bridgehead atoms. The zero-order valence-corrected chi connectivity index (χ0v) is 22.2. The van der Waals surface area contributed by atoms with E-state index in [9.17, 15) is 21.6 Å². The van der Waals surface area contributed by atoms with Crippen molar-refractivity contribution in [1.82, 2.24) is 0 Å². The molecule has 0 amide bonds. The Kier molecular flexibility index (Phi) is 13.5. The SMILES string of the molecule is CC(C)C(=O)OC(CCC[N+](C)(C)CCOS(=O)(=O)O)CC[N+](C)(C)CCCOS(=O)(=O)O. The number of quaternary nitrogens is 2. The third-order valence-corrected chi connectivity index (χ3v) is 6.10. The van der Waals surface area contributed by atoms with E-state index in [-0.39, 0.29) is 31.2 Å². The molecule has 0 aliphatic heterocycles. The lowest BCUT2D eigenvalue weighted by atomic mass is 10.1. The fraction of sp³-hybridized carbons (Fsp3) is 0.947. The number of nitrogens with zero attached hydrogens (tertiary/aromatic N) is 2. The van der Waals surface area contributed by atoms with Crippen LogP contribution in [0, 0.1) is 5.92 Å². The van der Waals surface area contributed by atoms with Crippen molar-refractivity contribution in [2.75, 3.05) is 67.6 Å². The van der Waals surface area contributed by atoms with Gasteiger partial charge in [0.05, 0.1) is 60.3 Å². The minimum absolute atomic E-state index is 0.111. The van der Waals surface area contributed by atoms with E-state index in [0.717, 1.165) is 6.42 Å². The Hall–Kier alpha value is -0.870. The Bertz CT molecular complexity index is 795. The molecule has 2 N–H and O–H groups in total. The van der Waals surface area contributed by atoms with Gasteiger partial charge in [0.2, 0.25) is 0 Å². The van der Waals surface area contributed by atoms with Crippen LogP contribution in [0.15, 0.2) is 0 Å². The third kappa shape index (κ3) is 19.2. The number of carbonyl (C=O) groups is 1. The van der Waals surface area contributed by atoms with E-state index in [2.05, 4.69) is 8.37 Å². The van der Waals surface area contributed by atoms with Gasteiger partial charge in [-0.25, -0.2) is 8.37 Å². The molecule has 0 saturated heterocycles. The van der Waals surface area contributed by atoms with Gasteiger partial charge in [0, 0.05) is 19.3 Å². The second-order valence-corrected chi connectivity index (χ2v) is 11.9. The van der Waals surface area contributed by atoms with E-state index in [1.54, 1.807) is 13.8 Å². The lowest BCUT2D eigenvalue weighted by molar-refractivity contribution is -0.891. The van der Waals surface area contributed by atoms with Crippen LogP contribution in [0.4, 0.5) is 0 Å². The average Bonchev–Trinajstić information content (AvgIpc) is 2.61. The van der Waals surface area contributed by atoms with Gasteiger partial charge in [-0.2, -0.15) is 16.8 Å². The fourth-order valence-electron chi connectivity index (χ4n) is 3.07. The summed E-state index contributed by atoms with van der Waals surface area (Å²) in [5, 5.41) is 0. The predicted octanol–water partition coefficient (Wildman–Crippen LogP) is 0.906. The summed E-state index contributed by atoms with van der Waals surface area (Å²) in [4.78, 5) is 12.2. The van der Waals surface area contributed by atoms with Crippen LogP contribution in [0.25, 0.3) is 0 Å². The standard InChI is InChI=1S/C19H40N2O10S2/c1-17(2)19(22)31-18(9-7-11-21(5,6)14-16-30-33(26,27)28)10-13-20(3,4)12-8-15-29-32(23,24)25/h17-18H,7-16H2,1-6H3/p+2. The molecule has 0 aromatic heterocycles. The van der Waals surface area contributed by atoms with Crippen LogP contribution in [0.2, 0.25) is 0 Å². The third-order valence-electron chi connectivity index (χ3n) is 5.17. The lowest BCUT2D eigenvalue weighted by Gasteiger charge is -2.32.